The smallest absolute Gasteiger partial charge is 0.261 e. The number of carbonyl (C=O) groups excluding carboxylic acids is 1. The minimum absolute atomic E-state index is 0.168. The van der Waals surface area contributed by atoms with Crippen molar-refractivity contribution in [1.82, 2.24) is 5.32 Å². The fraction of sp³-hybridized carbons (Fsp3) is 0.278. The summed E-state index contributed by atoms with van der Waals surface area (Å²) in [4.78, 5) is 12.3. The third-order valence-corrected chi connectivity index (χ3v) is 3.95. The second-order valence-corrected chi connectivity index (χ2v) is 6.14. The van der Waals surface area contributed by atoms with Crippen LogP contribution >= 0.6 is 23.2 Å². The lowest BCUT2D eigenvalue weighted by atomic mass is 10.2. The molecule has 0 bridgehead atoms. The molecule has 5 heteroatoms. The Morgan fingerprint density at radius 2 is 1.87 bits per heavy atom. The fourth-order valence-electron chi connectivity index (χ4n) is 2.08. The number of amides is 1. The fourth-order valence-corrected chi connectivity index (χ4v) is 2.49. The van der Waals surface area contributed by atoms with Gasteiger partial charge in [-0.25, -0.2) is 0 Å². The van der Waals surface area contributed by atoms with Crippen LogP contribution in [0.15, 0.2) is 42.5 Å². The van der Waals surface area contributed by atoms with Crippen molar-refractivity contribution in [3.05, 3.63) is 63.6 Å². The zero-order valence-electron chi connectivity index (χ0n) is 13.1. The number of carbonyl (C=O) groups is 1. The number of rotatable bonds is 6. The molecule has 1 N–H and O–H groups in total. The van der Waals surface area contributed by atoms with Gasteiger partial charge in [0.25, 0.3) is 5.91 Å². The first-order valence-electron chi connectivity index (χ1n) is 7.44. The lowest BCUT2D eigenvalue weighted by Crippen LogP contribution is -2.37. The standard InChI is InChI=1S/C18H19Cl2NO2/c1-3-16(23-17-9-4-12(2)10-15(17)20)18(22)21-11-13-5-7-14(19)8-6-13/h4-10,16H,3,11H2,1-2H3,(H,21,22). The predicted octanol–water partition coefficient (Wildman–Crippen LogP) is 4.78. The van der Waals surface area contributed by atoms with E-state index in [2.05, 4.69) is 5.32 Å². The molecule has 0 saturated carbocycles. The topological polar surface area (TPSA) is 38.3 Å². The summed E-state index contributed by atoms with van der Waals surface area (Å²) >= 11 is 12.0. The highest BCUT2D eigenvalue weighted by molar-refractivity contribution is 6.32. The van der Waals surface area contributed by atoms with Crippen molar-refractivity contribution in [3.63, 3.8) is 0 Å². The average Bonchev–Trinajstić information content (AvgIpc) is 2.53. The molecule has 1 amide bonds. The molecule has 2 aromatic carbocycles. The van der Waals surface area contributed by atoms with Gasteiger partial charge in [-0.1, -0.05) is 48.3 Å². The maximum atomic E-state index is 12.3. The maximum absolute atomic E-state index is 12.3. The van der Waals surface area contributed by atoms with Gasteiger partial charge in [0.05, 0.1) is 5.02 Å². The summed E-state index contributed by atoms with van der Waals surface area (Å²) in [6.07, 6.45) is -0.0288. The summed E-state index contributed by atoms with van der Waals surface area (Å²) in [5.74, 6) is 0.352. The summed E-state index contributed by atoms with van der Waals surface area (Å²) in [5.41, 5.74) is 2.02. The van der Waals surface area contributed by atoms with Gasteiger partial charge >= 0.3 is 0 Å². The summed E-state index contributed by atoms with van der Waals surface area (Å²) in [7, 11) is 0. The van der Waals surface area contributed by atoms with Crippen molar-refractivity contribution in [2.24, 2.45) is 0 Å². The van der Waals surface area contributed by atoms with Crippen LogP contribution in [0.4, 0.5) is 0 Å². The Balaban J connectivity index is 1.96. The minimum Gasteiger partial charge on any atom is -0.479 e. The number of benzene rings is 2. The van der Waals surface area contributed by atoms with Crippen LogP contribution in [0.3, 0.4) is 0 Å². The summed E-state index contributed by atoms with van der Waals surface area (Å²) in [6.45, 7) is 4.28. The maximum Gasteiger partial charge on any atom is 0.261 e. The molecule has 0 saturated heterocycles. The van der Waals surface area contributed by atoms with Crippen LogP contribution in [-0.2, 0) is 11.3 Å². The highest BCUT2D eigenvalue weighted by atomic mass is 35.5. The molecule has 3 nitrogen and oxygen atoms in total. The summed E-state index contributed by atoms with van der Waals surface area (Å²) in [6, 6.07) is 12.8. The van der Waals surface area contributed by atoms with E-state index in [4.69, 9.17) is 27.9 Å². The Kier molecular flexibility index (Phi) is 6.31. The van der Waals surface area contributed by atoms with E-state index in [0.29, 0.717) is 28.8 Å². The van der Waals surface area contributed by atoms with Gasteiger partial charge in [0, 0.05) is 11.6 Å². The number of halogens is 2. The summed E-state index contributed by atoms with van der Waals surface area (Å²) in [5, 5.41) is 4.05. The third kappa shape index (κ3) is 5.15. The van der Waals surface area contributed by atoms with Gasteiger partial charge in [0.15, 0.2) is 6.10 Å². The predicted molar refractivity (Wildman–Crippen MR) is 94.2 cm³/mol. The normalized spacial score (nSPS) is 11.8. The number of hydrogen-bond donors (Lipinski definition) is 1. The minimum atomic E-state index is -0.581. The molecular weight excluding hydrogens is 333 g/mol. The van der Waals surface area contributed by atoms with Gasteiger partial charge in [-0.2, -0.15) is 0 Å². The van der Waals surface area contributed by atoms with Crippen LogP contribution < -0.4 is 10.1 Å². The Bertz CT molecular complexity index is 671. The zero-order chi connectivity index (χ0) is 16.8. The van der Waals surface area contributed by atoms with E-state index in [-0.39, 0.29) is 5.91 Å². The molecule has 122 valence electrons. The SMILES string of the molecule is CCC(Oc1ccc(C)cc1Cl)C(=O)NCc1ccc(Cl)cc1. The molecule has 0 fully saturated rings. The van der Waals surface area contributed by atoms with E-state index in [1.165, 1.54) is 0 Å². The van der Waals surface area contributed by atoms with Gasteiger partial charge in [0.1, 0.15) is 5.75 Å². The van der Waals surface area contributed by atoms with Crippen molar-refractivity contribution < 1.29 is 9.53 Å². The van der Waals surface area contributed by atoms with E-state index < -0.39 is 6.10 Å². The van der Waals surface area contributed by atoms with E-state index in [1.54, 1.807) is 18.2 Å². The number of hydrogen-bond acceptors (Lipinski definition) is 2. The van der Waals surface area contributed by atoms with E-state index >= 15 is 0 Å². The van der Waals surface area contributed by atoms with E-state index in [1.807, 2.05) is 38.1 Å². The van der Waals surface area contributed by atoms with Crippen molar-refractivity contribution in [1.29, 1.82) is 0 Å². The van der Waals surface area contributed by atoms with Crippen molar-refractivity contribution >= 4 is 29.1 Å². The summed E-state index contributed by atoms with van der Waals surface area (Å²) < 4.78 is 5.75. The zero-order valence-corrected chi connectivity index (χ0v) is 14.6. The first-order chi connectivity index (χ1) is 11.0. The number of nitrogens with one attached hydrogen (secondary N) is 1. The Morgan fingerprint density at radius 1 is 1.17 bits per heavy atom. The van der Waals surface area contributed by atoms with Gasteiger partial charge in [-0.15, -0.1) is 0 Å². The quantitative estimate of drug-likeness (QED) is 0.813. The molecular formula is C18H19Cl2NO2. The molecule has 2 aromatic rings. The van der Waals surface area contributed by atoms with E-state index in [9.17, 15) is 4.79 Å². The van der Waals surface area contributed by atoms with Crippen LogP contribution in [-0.4, -0.2) is 12.0 Å². The van der Waals surface area contributed by atoms with Crippen LogP contribution in [0.2, 0.25) is 10.0 Å². The molecule has 0 aliphatic carbocycles. The largest absolute Gasteiger partial charge is 0.479 e. The molecule has 0 heterocycles. The van der Waals surface area contributed by atoms with Gasteiger partial charge in [0.2, 0.25) is 0 Å². The molecule has 23 heavy (non-hydrogen) atoms. The molecule has 1 atom stereocenters. The number of aryl methyl sites for hydroxylation is 1. The van der Waals surface area contributed by atoms with Crippen LogP contribution in [0.1, 0.15) is 24.5 Å². The highest BCUT2D eigenvalue weighted by Gasteiger charge is 2.19. The Morgan fingerprint density at radius 3 is 2.48 bits per heavy atom. The van der Waals surface area contributed by atoms with Crippen molar-refractivity contribution in [3.8, 4) is 5.75 Å². The third-order valence-electron chi connectivity index (χ3n) is 3.40. The highest BCUT2D eigenvalue weighted by Crippen LogP contribution is 2.26. The molecule has 2 rings (SSSR count). The average molecular weight is 352 g/mol. The monoisotopic (exact) mass is 351 g/mol. The molecule has 0 radical (unpaired) electrons. The second kappa shape index (κ2) is 8.23. The van der Waals surface area contributed by atoms with Gasteiger partial charge in [-0.3, -0.25) is 4.79 Å². The molecule has 0 aliphatic heterocycles. The molecule has 1 unspecified atom stereocenters. The molecule has 0 spiro atoms. The van der Waals surface area contributed by atoms with Crippen molar-refractivity contribution in [2.45, 2.75) is 32.9 Å². The lowest BCUT2D eigenvalue weighted by Gasteiger charge is -2.18. The van der Waals surface area contributed by atoms with Crippen LogP contribution in [0.25, 0.3) is 0 Å². The molecule has 0 aromatic heterocycles. The van der Waals surface area contributed by atoms with Crippen LogP contribution in [0.5, 0.6) is 5.75 Å². The molecule has 0 aliphatic rings. The van der Waals surface area contributed by atoms with Crippen molar-refractivity contribution in [2.75, 3.05) is 0 Å². The number of ether oxygens (including phenoxy) is 1. The Hall–Kier alpha value is -1.71. The Labute approximate surface area is 146 Å². The second-order valence-electron chi connectivity index (χ2n) is 5.29. The van der Waals surface area contributed by atoms with Gasteiger partial charge in [-0.05, 0) is 48.7 Å². The first-order valence-corrected chi connectivity index (χ1v) is 8.20. The lowest BCUT2D eigenvalue weighted by molar-refractivity contribution is -0.128. The van der Waals surface area contributed by atoms with E-state index in [0.717, 1.165) is 11.1 Å². The van der Waals surface area contributed by atoms with Crippen LogP contribution in [0, 0.1) is 6.92 Å². The first kappa shape index (κ1) is 17.6. The van der Waals surface area contributed by atoms with Gasteiger partial charge < -0.3 is 10.1 Å².